The van der Waals surface area contributed by atoms with Gasteiger partial charge in [-0.05, 0) is 117 Å². The third kappa shape index (κ3) is 6.93. The van der Waals surface area contributed by atoms with Crippen molar-refractivity contribution in [2.45, 2.75) is 222 Å². The maximum atomic E-state index is 12.5. The summed E-state index contributed by atoms with van der Waals surface area (Å²) < 4.78 is 43.1. The molecule has 0 radical (unpaired) electrons. The van der Waals surface area contributed by atoms with E-state index in [0.29, 0.717) is 32.1 Å². The number of aliphatic hydroxyl groups is 11. The molecule has 25 unspecified atom stereocenters. The van der Waals surface area contributed by atoms with Crippen LogP contribution in [0.2, 0.25) is 0 Å². The van der Waals surface area contributed by atoms with E-state index in [2.05, 4.69) is 34.6 Å². The second-order valence-electron chi connectivity index (χ2n) is 23.4. The van der Waals surface area contributed by atoms with E-state index in [0.717, 1.165) is 25.7 Å². The summed E-state index contributed by atoms with van der Waals surface area (Å²) in [6.45, 7) is 13.5. The fourth-order valence-electron chi connectivity index (χ4n) is 16.1. The van der Waals surface area contributed by atoms with Crippen molar-refractivity contribution in [3.05, 3.63) is 0 Å². The van der Waals surface area contributed by atoms with Crippen LogP contribution in [0.1, 0.15) is 106 Å². The van der Waals surface area contributed by atoms with E-state index in [-0.39, 0.29) is 52.6 Å². The van der Waals surface area contributed by atoms with Gasteiger partial charge in [0, 0.05) is 5.92 Å². The molecule has 9 fully saturated rings. The van der Waals surface area contributed by atoms with Crippen LogP contribution >= 0.6 is 0 Å². The predicted molar refractivity (Wildman–Crippen MR) is 220 cm³/mol. The summed E-state index contributed by atoms with van der Waals surface area (Å²) in [4.78, 5) is 0. The van der Waals surface area contributed by atoms with E-state index in [9.17, 15) is 56.2 Å². The minimum absolute atomic E-state index is 0.0453. The standard InChI is InChI=1S/C46H76O18/c1-40(2)26(61-39-34(29(53)23(51)18-59-39)62-37-32(56)28(52)22(50)17-58-37)9-11-46-19-45(46)13-12-42(5)36(21(49)15-43(42,6)25(45)14-20(48)35(40)46)44(7)10-8-27(63-44)41(3,4)64-38-33(57)31(55)30(54)24(16-47)60-38/h20-39,47-57H,8-19H2,1-7H3. The lowest BCUT2D eigenvalue weighted by Gasteiger charge is -2.64. The molecule has 18 heteroatoms. The number of hydrogen-bond donors (Lipinski definition) is 11. The highest BCUT2D eigenvalue weighted by Gasteiger charge is 2.85. The molecule has 4 saturated heterocycles. The molecule has 18 nitrogen and oxygen atoms in total. The maximum absolute atomic E-state index is 12.5. The van der Waals surface area contributed by atoms with Crippen LogP contribution in [0.4, 0.5) is 0 Å². The highest BCUT2D eigenvalue weighted by atomic mass is 16.8. The summed E-state index contributed by atoms with van der Waals surface area (Å²) in [6.07, 6.45) is -13.9. The second-order valence-corrected chi connectivity index (χ2v) is 23.4. The van der Waals surface area contributed by atoms with Gasteiger partial charge in [-0.25, -0.2) is 0 Å². The molecule has 368 valence electrons. The molecule has 9 rings (SSSR count). The minimum atomic E-state index is -1.63. The van der Waals surface area contributed by atoms with E-state index in [1.807, 2.05) is 13.8 Å². The fourth-order valence-corrected chi connectivity index (χ4v) is 16.1. The Bertz CT molecular complexity index is 1720. The Morgan fingerprint density at radius 2 is 1.27 bits per heavy atom. The summed E-state index contributed by atoms with van der Waals surface area (Å²) >= 11 is 0. The summed E-state index contributed by atoms with van der Waals surface area (Å²) in [6, 6.07) is 0. The van der Waals surface area contributed by atoms with E-state index in [4.69, 9.17) is 33.2 Å². The SMILES string of the molecule is CC(C)(OC1OC(CO)C(O)C(O)C1O)C1CCC(C)(C2C(O)CC3(C)C4CC(O)C5C(C)(C)C(OC6OCC(O)C(O)C6OC6OCC(O)C(O)C6O)CCC56CC46CCC23C)O1. The first kappa shape index (κ1) is 48.3. The molecule has 2 spiro atoms. The molecule has 0 aromatic heterocycles. The van der Waals surface area contributed by atoms with Gasteiger partial charge in [-0.3, -0.25) is 0 Å². The van der Waals surface area contributed by atoms with Crippen LogP contribution in [0.15, 0.2) is 0 Å². The molecule has 64 heavy (non-hydrogen) atoms. The van der Waals surface area contributed by atoms with E-state index >= 15 is 0 Å². The van der Waals surface area contributed by atoms with Gasteiger partial charge in [0.1, 0.15) is 61.0 Å². The Morgan fingerprint density at radius 3 is 1.95 bits per heavy atom. The largest absolute Gasteiger partial charge is 0.394 e. The topological polar surface area (TPSA) is 287 Å². The Labute approximate surface area is 375 Å². The van der Waals surface area contributed by atoms with Crippen LogP contribution in [-0.4, -0.2) is 192 Å². The number of rotatable bonds is 9. The molecule has 0 amide bonds. The molecule has 5 aliphatic carbocycles. The second kappa shape index (κ2) is 16.2. The van der Waals surface area contributed by atoms with Crippen LogP contribution in [0.5, 0.6) is 0 Å². The van der Waals surface area contributed by atoms with Gasteiger partial charge in [0.15, 0.2) is 18.9 Å². The van der Waals surface area contributed by atoms with Crippen molar-refractivity contribution >= 4 is 0 Å². The molecular formula is C46H76O18. The van der Waals surface area contributed by atoms with Gasteiger partial charge in [0.25, 0.3) is 0 Å². The lowest BCUT2D eigenvalue weighted by molar-refractivity contribution is -0.356. The van der Waals surface area contributed by atoms with Crippen LogP contribution < -0.4 is 0 Å². The highest BCUT2D eigenvalue weighted by molar-refractivity contribution is 5.33. The first-order valence-corrected chi connectivity index (χ1v) is 23.8. The summed E-state index contributed by atoms with van der Waals surface area (Å²) in [5.41, 5.74) is -3.22. The third-order valence-corrected chi connectivity index (χ3v) is 19.5. The van der Waals surface area contributed by atoms with Crippen molar-refractivity contribution in [1.82, 2.24) is 0 Å². The van der Waals surface area contributed by atoms with Crippen molar-refractivity contribution in [1.29, 1.82) is 0 Å². The molecule has 5 saturated carbocycles. The van der Waals surface area contributed by atoms with E-state index in [1.165, 1.54) is 0 Å². The quantitative estimate of drug-likeness (QED) is 0.126. The molecule has 0 aromatic carbocycles. The van der Waals surface area contributed by atoms with Crippen molar-refractivity contribution in [3.63, 3.8) is 0 Å². The van der Waals surface area contributed by atoms with Gasteiger partial charge in [-0.1, -0.05) is 27.7 Å². The number of ether oxygens (including phenoxy) is 7. The Kier molecular flexibility index (Phi) is 12.2. The third-order valence-electron chi connectivity index (χ3n) is 19.5. The van der Waals surface area contributed by atoms with Crippen molar-refractivity contribution in [3.8, 4) is 0 Å². The first-order valence-electron chi connectivity index (χ1n) is 23.8. The maximum Gasteiger partial charge on any atom is 0.187 e. The van der Waals surface area contributed by atoms with Gasteiger partial charge in [0.2, 0.25) is 0 Å². The van der Waals surface area contributed by atoms with Crippen molar-refractivity contribution in [2.24, 2.45) is 44.8 Å². The van der Waals surface area contributed by atoms with E-state index in [1.54, 1.807) is 0 Å². The molecule has 4 aliphatic heterocycles. The number of fused-ring (bicyclic) bond motifs is 2. The lowest BCUT2D eigenvalue weighted by atomic mass is 9.41. The Balaban J connectivity index is 0.907. The van der Waals surface area contributed by atoms with Gasteiger partial charge in [-0.15, -0.1) is 0 Å². The average Bonchev–Trinajstić information content (AvgIpc) is 3.59. The van der Waals surface area contributed by atoms with Gasteiger partial charge >= 0.3 is 0 Å². The lowest BCUT2D eigenvalue weighted by Crippen LogP contribution is -2.64. The van der Waals surface area contributed by atoms with Gasteiger partial charge in [-0.2, -0.15) is 0 Å². The molecule has 25 atom stereocenters. The predicted octanol–water partition coefficient (Wildman–Crippen LogP) is -0.813. The van der Waals surface area contributed by atoms with Crippen molar-refractivity contribution < 1.29 is 89.3 Å². The monoisotopic (exact) mass is 917 g/mol. The molecule has 0 aromatic rings. The fraction of sp³-hybridized carbons (Fsp3) is 1.00. The zero-order chi connectivity index (χ0) is 46.5. The Morgan fingerprint density at radius 1 is 0.609 bits per heavy atom. The van der Waals surface area contributed by atoms with Crippen LogP contribution in [-0.2, 0) is 33.2 Å². The highest BCUT2D eigenvalue weighted by Crippen LogP contribution is 2.89. The zero-order valence-electron chi connectivity index (χ0n) is 38.3. The summed E-state index contributed by atoms with van der Waals surface area (Å²) in [7, 11) is 0. The zero-order valence-corrected chi connectivity index (χ0v) is 38.3. The van der Waals surface area contributed by atoms with E-state index < -0.39 is 128 Å². The molecular weight excluding hydrogens is 840 g/mol. The summed E-state index contributed by atoms with van der Waals surface area (Å²) in [5.74, 6) is -0.226. The van der Waals surface area contributed by atoms with Crippen molar-refractivity contribution in [2.75, 3.05) is 19.8 Å². The molecule has 11 N–H and O–H groups in total. The van der Waals surface area contributed by atoms with Crippen LogP contribution in [0.3, 0.4) is 0 Å². The molecule has 4 heterocycles. The number of hydrogen-bond acceptors (Lipinski definition) is 18. The molecule has 9 aliphatic rings. The summed E-state index contributed by atoms with van der Waals surface area (Å²) in [5, 5.41) is 119. The normalized spacial score (nSPS) is 58.2. The van der Waals surface area contributed by atoms with Gasteiger partial charge in [0.05, 0.1) is 55.4 Å². The first-order chi connectivity index (χ1) is 29.8. The smallest absolute Gasteiger partial charge is 0.187 e. The van der Waals surface area contributed by atoms with Gasteiger partial charge < -0.3 is 89.3 Å². The number of aliphatic hydroxyl groups excluding tert-OH is 11. The minimum Gasteiger partial charge on any atom is -0.394 e. The van der Waals surface area contributed by atoms with Crippen LogP contribution in [0, 0.1) is 44.8 Å². The molecule has 0 bridgehead atoms. The van der Waals surface area contributed by atoms with Crippen LogP contribution in [0.25, 0.3) is 0 Å². The average molecular weight is 917 g/mol. The Hall–Kier alpha value is -0.720.